The second-order valence-corrected chi connectivity index (χ2v) is 5.17. The molecule has 23 heavy (non-hydrogen) atoms. The number of nitrogens with zero attached hydrogens (tertiary/aromatic N) is 1. The normalized spacial score (nSPS) is 11.9. The minimum atomic E-state index is -1.41. The smallest absolute Gasteiger partial charge is 0.341 e. The van der Waals surface area contributed by atoms with Crippen molar-refractivity contribution in [2.24, 2.45) is 0 Å². The number of pyridine rings is 1. The van der Waals surface area contributed by atoms with E-state index in [1.165, 1.54) is 16.8 Å². The Bertz CT molecular complexity index is 779. The van der Waals surface area contributed by atoms with E-state index in [-0.39, 0.29) is 18.5 Å². The fourth-order valence-electron chi connectivity index (χ4n) is 2.53. The van der Waals surface area contributed by atoms with Crippen LogP contribution in [0.4, 0.5) is 0 Å². The topological polar surface area (TPSA) is 96.6 Å². The number of benzene rings is 1. The fourth-order valence-corrected chi connectivity index (χ4v) is 2.53. The molecule has 2 aromatic rings. The average Bonchev–Trinajstić information content (AvgIpc) is 2.51. The maximum Gasteiger partial charge on any atom is 0.341 e. The summed E-state index contributed by atoms with van der Waals surface area (Å²) in [5.41, 5.74) is -0.276. The lowest BCUT2D eigenvalue weighted by atomic mass is 9.93. The number of hydrogen-bond donors (Lipinski definition) is 2. The molecule has 0 bridgehead atoms. The van der Waals surface area contributed by atoms with Gasteiger partial charge >= 0.3 is 11.9 Å². The number of hydrogen-bond acceptors (Lipinski definition) is 3. The monoisotopic (exact) mass is 315 g/mol. The molecule has 1 aromatic carbocycles. The summed E-state index contributed by atoms with van der Waals surface area (Å²) in [6, 6.07) is 10.6. The molecule has 6 heteroatoms. The third kappa shape index (κ3) is 3.48. The summed E-state index contributed by atoms with van der Waals surface area (Å²) in [4.78, 5) is 35.2. The number of carboxylic acid groups (broad SMARTS) is 2. The van der Waals surface area contributed by atoms with E-state index in [1.54, 1.807) is 6.92 Å². The first-order valence-corrected chi connectivity index (χ1v) is 7.19. The molecule has 1 heterocycles. The number of aromatic nitrogens is 1. The Balaban J connectivity index is 2.54. The molecule has 6 nitrogen and oxygen atoms in total. The van der Waals surface area contributed by atoms with Crippen molar-refractivity contribution in [2.75, 3.05) is 0 Å². The SMILES string of the molecule is CCC(C(=O)O)c1ccn(Cc2ccccc2)c(=O)c1C(=O)O. The van der Waals surface area contributed by atoms with Crippen molar-refractivity contribution in [3.05, 3.63) is 69.6 Å². The standard InChI is InChI=1S/C17H17NO5/c1-2-12(16(20)21)13-8-9-18(15(19)14(13)17(22)23)10-11-6-4-3-5-7-11/h3-9,12H,2,10H2,1H3,(H,20,21)(H,22,23). The van der Waals surface area contributed by atoms with Gasteiger partial charge in [-0.05, 0) is 23.6 Å². The van der Waals surface area contributed by atoms with Crippen molar-refractivity contribution in [1.29, 1.82) is 0 Å². The van der Waals surface area contributed by atoms with Crippen LogP contribution in [0.3, 0.4) is 0 Å². The van der Waals surface area contributed by atoms with Crippen molar-refractivity contribution in [3.8, 4) is 0 Å². The van der Waals surface area contributed by atoms with E-state index in [0.29, 0.717) is 0 Å². The molecule has 1 atom stereocenters. The zero-order valence-corrected chi connectivity index (χ0v) is 12.6. The molecule has 0 radical (unpaired) electrons. The second kappa shape index (κ2) is 6.91. The summed E-state index contributed by atoms with van der Waals surface area (Å²) in [5, 5.41) is 18.6. The van der Waals surface area contributed by atoms with Crippen LogP contribution in [-0.2, 0) is 11.3 Å². The first-order chi connectivity index (χ1) is 11.0. The number of aromatic carboxylic acids is 1. The highest BCUT2D eigenvalue weighted by Crippen LogP contribution is 2.22. The Morgan fingerprint density at radius 1 is 1.13 bits per heavy atom. The molecule has 0 spiro atoms. The lowest BCUT2D eigenvalue weighted by Gasteiger charge is -2.15. The highest BCUT2D eigenvalue weighted by Gasteiger charge is 2.26. The van der Waals surface area contributed by atoms with Gasteiger partial charge in [-0.15, -0.1) is 0 Å². The van der Waals surface area contributed by atoms with Gasteiger partial charge < -0.3 is 14.8 Å². The molecule has 2 rings (SSSR count). The van der Waals surface area contributed by atoms with E-state index in [0.717, 1.165) is 5.56 Å². The van der Waals surface area contributed by atoms with Gasteiger partial charge in [-0.3, -0.25) is 9.59 Å². The summed E-state index contributed by atoms with van der Waals surface area (Å²) in [6.07, 6.45) is 1.65. The van der Waals surface area contributed by atoms with Gasteiger partial charge in [-0.25, -0.2) is 4.79 Å². The van der Waals surface area contributed by atoms with Crippen molar-refractivity contribution >= 4 is 11.9 Å². The molecule has 0 saturated heterocycles. The summed E-state index contributed by atoms with van der Waals surface area (Å²) < 4.78 is 1.27. The molecule has 0 saturated carbocycles. The maximum atomic E-state index is 12.5. The van der Waals surface area contributed by atoms with E-state index in [9.17, 15) is 24.6 Å². The lowest BCUT2D eigenvalue weighted by Crippen LogP contribution is -2.30. The van der Waals surface area contributed by atoms with Gasteiger partial charge in [0.2, 0.25) is 0 Å². The van der Waals surface area contributed by atoms with Gasteiger partial charge in [0.25, 0.3) is 5.56 Å². The number of rotatable bonds is 6. The minimum absolute atomic E-state index is 0.0433. The van der Waals surface area contributed by atoms with Crippen molar-refractivity contribution < 1.29 is 19.8 Å². The quantitative estimate of drug-likeness (QED) is 0.851. The maximum absolute atomic E-state index is 12.5. The molecule has 1 aromatic heterocycles. The van der Waals surface area contributed by atoms with E-state index in [4.69, 9.17) is 0 Å². The van der Waals surface area contributed by atoms with E-state index < -0.39 is 29.0 Å². The number of aliphatic carboxylic acids is 1. The van der Waals surface area contributed by atoms with Crippen LogP contribution in [0.5, 0.6) is 0 Å². The Hall–Kier alpha value is -2.89. The Morgan fingerprint density at radius 3 is 2.30 bits per heavy atom. The molecule has 0 aliphatic carbocycles. The fraction of sp³-hybridized carbons (Fsp3) is 0.235. The lowest BCUT2D eigenvalue weighted by molar-refractivity contribution is -0.138. The number of carbonyl (C=O) groups is 2. The molecule has 2 N–H and O–H groups in total. The Kier molecular flexibility index (Phi) is 4.95. The predicted octanol–water partition coefficient (Wildman–Crippen LogP) is 2.17. The zero-order chi connectivity index (χ0) is 17.0. The molecular formula is C17H17NO5. The summed E-state index contributed by atoms with van der Waals surface area (Å²) in [5.74, 6) is -3.57. The van der Waals surface area contributed by atoms with Gasteiger partial charge in [-0.1, -0.05) is 37.3 Å². The molecule has 1 unspecified atom stereocenters. The van der Waals surface area contributed by atoms with Crippen LogP contribution >= 0.6 is 0 Å². The highest BCUT2D eigenvalue weighted by molar-refractivity contribution is 5.91. The molecule has 0 aliphatic rings. The van der Waals surface area contributed by atoms with Crippen LogP contribution in [0.2, 0.25) is 0 Å². The van der Waals surface area contributed by atoms with Gasteiger partial charge in [0.1, 0.15) is 5.56 Å². The molecule has 0 amide bonds. The molecule has 0 aliphatic heterocycles. The van der Waals surface area contributed by atoms with Crippen LogP contribution in [-0.4, -0.2) is 26.7 Å². The molecule has 0 fully saturated rings. The summed E-state index contributed by atoms with van der Waals surface area (Å²) in [6.45, 7) is 1.87. The molecular weight excluding hydrogens is 298 g/mol. The van der Waals surface area contributed by atoms with E-state index in [2.05, 4.69) is 0 Å². The van der Waals surface area contributed by atoms with Crippen LogP contribution in [0.1, 0.15) is 40.7 Å². The first kappa shape index (κ1) is 16.5. The van der Waals surface area contributed by atoms with Crippen molar-refractivity contribution in [2.45, 2.75) is 25.8 Å². The zero-order valence-electron chi connectivity index (χ0n) is 12.6. The Labute approximate surface area is 132 Å². The highest BCUT2D eigenvalue weighted by atomic mass is 16.4. The van der Waals surface area contributed by atoms with Crippen molar-refractivity contribution in [3.63, 3.8) is 0 Å². The average molecular weight is 315 g/mol. The molecule has 120 valence electrons. The van der Waals surface area contributed by atoms with Crippen LogP contribution in [0.15, 0.2) is 47.4 Å². The Morgan fingerprint density at radius 2 is 1.78 bits per heavy atom. The third-order valence-corrected chi connectivity index (χ3v) is 3.69. The van der Waals surface area contributed by atoms with Crippen LogP contribution in [0.25, 0.3) is 0 Å². The van der Waals surface area contributed by atoms with Crippen LogP contribution in [0, 0.1) is 0 Å². The predicted molar refractivity (Wildman–Crippen MR) is 83.9 cm³/mol. The summed E-state index contributed by atoms with van der Waals surface area (Å²) >= 11 is 0. The largest absolute Gasteiger partial charge is 0.481 e. The third-order valence-electron chi connectivity index (χ3n) is 3.69. The first-order valence-electron chi connectivity index (χ1n) is 7.19. The van der Waals surface area contributed by atoms with Gasteiger partial charge in [0, 0.05) is 6.20 Å². The van der Waals surface area contributed by atoms with Gasteiger partial charge in [0.15, 0.2) is 0 Å². The van der Waals surface area contributed by atoms with E-state index in [1.807, 2.05) is 30.3 Å². The van der Waals surface area contributed by atoms with Crippen molar-refractivity contribution in [1.82, 2.24) is 4.57 Å². The van der Waals surface area contributed by atoms with E-state index >= 15 is 0 Å². The minimum Gasteiger partial charge on any atom is -0.481 e. The second-order valence-electron chi connectivity index (χ2n) is 5.17. The van der Waals surface area contributed by atoms with Gasteiger partial charge in [0.05, 0.1) is 12.5 Å². The summed E-state index contributed by atoms with van der Waals surface area (Å²) in [7, 11) is 0. The number of carboxylic acids is 2. The van der Waals surface area contributed by atoms with Gasteiger partial charge in [-0.2, -0.15) is 0 Å². The van der Waals surface area contributed by atoms with Crippen LogP contribution < -0.4 is 5.56 Å².